The zero-order valence-corrected chi connectivity index (χ0v) is 35.6. The van der Waals surface area contributed by atoms with Gasteiger partial charge in [0.25, 0.3) is 0 Å². The van der Waals surface area contributed by atoms with Gasteiger partial charge in [-0.05, 0) is 47.9 Å². The molecule has 0 aromatic heterocycles. The molecule has 1 aliphatic rings. The van der Waals surface area contributed by atoms with Crippen LogP contribution < -0.4 is 10.4 Å². The van der Waals surface area contributed by atoms with Crippen molar-refractivity contribution in [3.05, 3.63) is 180 Å². The van der Waals surface area contributed by atoms with Gasteiger partial charge in [0, 0.05) is 0 Å². The third kappa shape index (κ3) is 8.62. The molecular weight excluding hydrogens is 744 g/mol. The fraction of sp³-hybridized carbons (Fsp3) is 0.192. The van der Waals surface area contributed by atoms with E-state index in [1.54, 1.807) is 0 Å². The molecule has 0 saturated heterocycles. The molecule has 0 spiro atoms. The van der Waals surface area contributed by atoms with Gasteiger partial charge in [-0.25, -0.2) is 0 Å². The molecule has 8 aromatic carbocycles. The molecule has 1 aliphatic heterocycles. The van der Waals surface area contributed by atoms with Gasteiger partial charge < -0.3 is 0 Å². The molecule has 0 N–H and O–H groups in total. The molecule has 0 fully saturated rings. The number of benzene rings is 6. The van der Waals surface area contributed by atoms with E-state index >= 15 is 0 Å². The first-order valence-corrected chi connectivity index (χ1v) is 20.5. The molecule has 0 nitrogen and oxygen atoms in total. The molecule has 1 heterocycles. The average Bonchev–Trinajstić information content (AvgIpc) is 3.93. The molecule has 265 valence electrons. The first-order chi connectivity index (χ1) is 26.1. The van der Waals surface area contributed by atoms with E-state index in [1.165, 1.54) is 113 Å². The largest absolute Gasteiger partial charge is 3.00 e. The average molecular weight is 793 g/mol. The van der Waals surface area contributed by atoms with Crippen molar-refractivity contribution in [3.8, 4) is 33.4 Å². The predicted molar refractivity (Wildman–Crippen MR) is 232 cm³/mol. The molecule has 54 heavy (non-hydrogen) atoms. The first kappa shape index (κ1) is 39.3. The molecule has 0 bridgehead atoms. The molecule has 3 radical (unpaired) electrons. The van der Waals surface area contributed by atoms with Crippen LogP contribution in [0.25, 0.3) is 54.9 Å². The minimum absolute atomic E-state index is 0. The molecule has 0 amide bonds. The van der Waals surface area contributed by atoms with E-state index in [-0.39, 0.29) is 26.2 Å². The van der Waals surface area contributed by atoms with Gasteiger partial charge in [0.2, 0.25) is 0 Å². The number of fused-ring (bicyclic) bond motifs is 5. The Kier molecular flexibility index (Phi) is 13.7. The quantitative estimate of drug-likeness (QED) is 0.106. The van der Waals surface area contributed by atoms with E-state index in [1.807, 2.05) is 6.07 Å². The smallest absolute Gasteiger partial charge is 0.184 e. The Morgan fingerprint density at radius 3 is 1.46 bits per heavy atom. The molecule has 0 aliphatic carbocycles. The standard InChI is InChI=1S/2C20H21.C12H7Si.Zr/c2*1-3-8-15-13-17-10-7-12-19(20(17)14-15)18-11-6-5-9-16(18)4-2;1-3-7-11-9(5-1)10-6-2-4-8-12(10)13-11;/h2*5-7,9-14H,3-4,8H2,1-2H3;1-7H;/q3*-1;+3. The zero-order chi connectivity index (χ0) is 36.6. The summed E-state index contributed by atoms with van der Waals surface area (Å²) in [4.78, 5) is 0. The van der Waals surface area contributed by atoms with Crippen molar-refractivity contribution in [3.63, 3.8) is 0 Å². The second-order valence-electron chi connectivity index (χ2n) is 14.0. The summed E-state index contributed by atoms with van der Waals surface area (Å²) in [5.41, 5.74) is 14.1. The minimum atomic E-state index is 0. The summed E-state index contributed by atoms with van der Waals surface area (Å²) in [5.74, 6) is 0. The molecule has 0 unspecified atom stereocenters. The Labute approximate surface area is 345 Å². The third-order valence-electron chi connectivity index (χ3n) is 10.4. The number of aryl methyl sites for hydroxylation is 4. The first-order valence-electron chi connectivity index (χ1n) is 19.5. The molecular formula is C52H49SiZr. The minimum Gasteiger partial charge on any atom is -0.184 e. The van der Waals surface area contributed by atoms with Gasteiger partial charge in [0.1, 0.15) is 0 Å². The van der Waals surface area contributed by atoms with Crippen LogP contribution in [0, 0.1) is 6.07 Å². The van der Waals surface area contributed by atoms with Gasteiger partial charge in [0.05, 0.1) is 9.52 Å². The number of hydrogen-bond donors (Lipinski definition) is 0. The van der Waals surface area contributed by atoms with Crippen molar-refractivity contribution in [1.29, 1.82) is 0 Å². The second-order valence-corrected chi connectivity index (χ2v) is 15.3. The molecule has 0 atom stereocenters. The molecule has 2 heteroatoms. The van der Waals surface area contributed by atoms with Crippen molar-refractivity contribution in [2.75, 3.05) is 0 Å². The van der Waals surface area contributed by atoms with Crippen LogP contribution in [0.5, 0.6) is 0 Å². The van der Waals surface area contributed by atoms with Gasteiger partial charge >= 0.3 is 26.2 Å². The van der Waals surface area contributed by atoms with Crippen LogP contribution in [0.1, 0.15) is 62.8 Å². The van der Waals surface area contributed by atoms with Crippen molar-refractivity contribution >= 4 is 41.4 Å². The predicted octanol–water partition coefficient (Wildman–Crippen LogP) is 12.6. The fourth-order valence-corrected chi connectivity index (χ4v) is 9.15. The monoisotopic (exact) mass is 791 g/mol. The normalized spacial score (nSPS) is 11.2. The van der Waals surface area contributed by atoms with Gasteiger partial charge in [-0.3, -0.25) is 0 Å². The van der Waals surface area contributed by atoms with E-state index in [2.05, 4.69) is 179 Å². The summed E-state index contributed by atoms with van der Waals surface area (Å²) in [6.07, 6.45) is 6.91. The van der Waals surface area contributed by atoms with E-state index in [0.717, 1.165) is 22.4 Å². The van der Waals surface area contributed by atoms with E-state index in [0.29, 0.717) is 0 Å². The van der Waals surface area contributed by atoms with Crippen LogP contribution in [-0.4, -0.2) is 9.52 Å². The summed E-state index contributed by atoms with van der Waals surface area (Å²) in [6.45, 7) is 8.94. The second kappa shape index (κ2) is 18.8. The SMILES string of the molecule is CCCc1cc2c(-c3ccccc3CC)cccc2[cH-]1.CCCc1cc2c(-c3ccccc3CC)cccc2[cH-]1.[Zr+3].[c-]1cccc2c1[Si]c1ccccc1-2. The van der Waals surface area contributed by atoms with Crippen LogP contribution in [0.2, 0.25) is 0 Å². The Morgan fingerprint density at radius 2 is 0.944 bits per heavy atom. The van der Waals surface area contributed by atoms with Crippen molar-refractivity contribution in [1.82, 2.24) is 0 Å². The summed E-state index contributed by atoms with van der Waals surface area (Å²) in [6, 6.07) is 58.5. The van der Waals surface area contributed by atoms with Crippen LogP contribution in [0.4, 0.5) is 0 Å². The number of rotatable bonds is 8. The van der Waals surface area contributed by atoms with E-state index < -0.39 is 0 Å². The van der Waals surface area contributed by atoms with Crippen LogP contribution in [-0.2, 0) is 51.9 Å². The zero-order valence-electron chi connectivity index (χ0n) is 32.2. The van der Waals surface area contributed by atoms with Crippen LogP contribution in [0.15, 0.2) is 152 Å². The van der Waals surface area contributed by atoms with E-state index in [4.69, 9.17) is 0 Å². The van der Waals surface area contributed by atoms with E-state index in [9.17, 15) is 0 Å². The topological polar surface area (TPSA) is 0 Å². The van der Waals surface area contributed by atoms with Gasteiger partial charge in [-0.15, -0.1) is 74.6 Å². The molecule has 9 rings (SSSR count). The summed E-state index contributed by atoms with van der Waals surface area (Å²) >= 11 is 0. The van der Waals surface area contributed by atoms with Gasteiger partial charge in [0.15, 0.2) is 0 Å². The summed E-state index contributed by atoms with van der Waals surface area (Å²) < 4.78 is 0. The Balaban J connectivity index is 0.000000140. The fourth-order valence-electron chi connectivity index (χ4n) is 7.84. The van der Waals surface area contributed by atoms with Crippen LogP contribution in [0.3, 0.4) is 0 Å². The maximum Gasteiger partial charge on any atom is 3.00 e. The summed E-state index contributed by atoms with van der Waals surface area (Å²) in [7, 11) is 0.795. The summed E-state index contributed by atoms with van der Waals surface area (Å²) in [5, 5.41) is 8.37. The number of hydrogen-bond acceptors (Lipinski definition) is 0. The van der Waals surface area contributed by atoms with Crippen molar-refractivity contribution in [2.24, 2.45) is 0 Å². The maximum absolute atomic E-state index is 3.31. The van der Waals surface area contributed by atoms with Gasteiger partial charge in [-0.2, -0.15) is 41.6 Å². The van der Waals surface area contributed by atoms with Crippen LogP contribution >= 0.6 is 0 Å². The maximum atomic E-state index is 3.31. The Bertz CT molecular complexity index is 2270. The van der Waals surface area contributed by atoms with Gasteiger partial charge in [-0.1, -0.05) is 147 Å². The Hall–Kier alpha value is -4.36. The van der Waals surface area contributed by atoms with Crippen molar-refractivity contribution in [2.45, 2.75) is 66.2 Å². The molecule has 0 saturated carbocycles. The Morgan fingerprint density at radius 1 is 0.481 bits per heavy atom. The molecule has 8 aromatic rings. The third-order valence-corrected chi connectivity index (χ3v) is 11.8. The van der Waals surface area contributed by atoms with Crippen molar-refractivity contribution < 1.29 is 26.2 Å².